The Bertz CT molecular complexity index is 80.8. The fourth-order valence-electron chi connectivity index (χ4n) is 0.321. The van der Waals surface area contributed by atoms with Crippen LogP contribution in [0.5, 0.6) is 0 Å². The summed E-state index contributed by atoms with van der Waals surface area (Å²) in [6.07, 6.45) is 2.00. The quantitative estimate of drug-likeness (QED) is 0.462. The van der Waals surface area contributed by atoms with Crippen molar-refractivity contribution < 1.29 is 25.8 Å². The van der Waals surface area contributed by atoms with Gasteiger partial charge in [0, 0.05) is 25.8 Å². The number of hydrogen-bond donors (Lipinski definition) is 0. The van der Waals surface area contributed by atoms with E-state index in [4.69, 9.17) is 0 Å². The zero-order valence-corrected chi connectivity index (χ0v) is 13.8. The van der Waals surface area contributed by atoms with Gasteiger partial charge in [0.1, 0.15) is 0 Å². The first kappa shape index (κ1) is 29.2. The van der Waals surface area contributed by atoms with E-state index in [1.165, 1.54) is 0 Å². The van der Waals surface area contributed by atoms with E-state index < -0.39 is 0 Å². The molecule has 0 nitrogen and oxygen atoms in total. The van der Waals surface area contributed by atoms with Gasteiger partial charge in [-0.25, -0.2) is 12.1 Å². The van der Waals surface area contributed by atoms with Gasteiger partial charge >= 0.3 is 0 Å². The van der Waals surface area contributed by atoms with E-state index >= 15 is 0 Å². The Labute approximate surface area is 111 Å². The Kier molecular flexibility index (Phi) is 79.1. The summed E-state index contributed by atoms with van der Waals surface area (Å²) in [6.45, 7) is 11.0. The van der Waals surface area contributed by atoms with E-state index in [1.807, 2.05) is 44.2 Å². The van der Waals surface area contributed by atoms with Crippen molar-refractivity contribution in [3.63, 3.8) is 0 Å². The first-order valence-electron chi connectivity index (χ1n) is 4.08. The number of rotatable bonds is 0. The molecule has 0 saturated heterocycles. The van der Waals surface area contributed by atoms with E-state index in [2.05, 4.69) is 13.8 Å². The van der Waals surface area contributed by atoms with Crippen molar-refractivity contribution in [2.75, 3.05) is 0 Å². The molecule has 0 aromatic heterocycles. The molecule has 1 aromatic carbocycles. The third-order valence-corrected chi connectivity index (χ3v) is 0.556. The maximum Gasteiger partial charge on any atom is 0 e. The molecule has 0 aliphatic heterocycles. The third kappa shape index (κ3) is 56.5. The van der Waals surface area contributed by atoms with Crippen LogP contribution in [0, 0.1) is 28.7 Å². The Morgan fingerprint density at radius 3 is 1.21 bits per heavy atom. The predicted octanol–water partition coefficient (Wildman–Crippen LogP) is 4.76. The molecule has 1 heteroatoms. The van der Waals surface area contributed by atoms with Crippen LogP contribution in [-0.4, -0.2) is 0 Å². The van der Waals surface area contributed by atoms with Gasteiger partial charge in [0.2, 0.25) is 0 Å². The monoisotopic (exact) mass is 361 g/mol. The van der Waals surface area contributed by atoms with Crippen LogP contribution in [-0.2, 0) is 25.8 Å². The Hall–Kier alpha value is 0.220. The third-order valence-electron chi connectivity index (χ3n) is 0.556. The molecule has 0 radical (unpaired) electrons. The largest absolute Gasteiger partial charge is 0.358 e. The molecule has 1 aromatic rings. The van der Waals surface area contributed by atoms with Crippen LogP contribution in [0.15, 0.2) is 30.3 Å². The molecule has 0 saturated carbocycles. The minimum atomic E-state index is 0. The molecular formula is C13H25Hf-5. The van der Waals surface area contributed by atoms with Gasteiger partial charge in [-0.1, -0.05) is 13.8 Å². The summed E-state index contributed by atoms with van der Waals surface area (Å²) < 4.78 is 0. The van der Waals surface area contributed by atoms with E-state index in [1.54, 1.807) is 0 Å². The maximum atomic E-state index is 3.49. The van der Waals surface area contributed by atoms with Crippen LogP contribution in [0.1, 0.15) is 26.7 Å². The van der Waals surface area contributed by atoms with Gasteiger partial charge in [-0.2, -0.15) is 31.0 Å². The molecule has 0 heterocycles. The molecule has 1 rings (SSSR count). The second-order valence-electron chi connectivity index (χ2n) is 1.96. The van der Waals surface area contributed by atoms with Gasteiger partial charge in [0.25, 0.3) is 0 Å². The van der Waals surface area contributed by atoms with E-state index in [-0.39, 0.29) is 40.7 Å². The van der Waals surface area contributed by atoms with Crippen molar-refractivity contribution in [1.82, 2.24) is 0 Å². The molecule has 0 N–H and O–H groups in total. The van der Waals surface area contributed by atoms with Crippen LogP contribution in [0.2, 0.25) is 0 Å². The van der Waals surface area contributed by atoms with Crippen LogP contribution < -0.4 is 0 Å². The fourth-order valence-corrected chi connectivity index (χ4v) is 0.321. The zero-order valence-electron chi connectivity index (χ0n) is 10.2. The zero-order chi connectivity index (χ0) is 8.95. The SMILES string of the molecule is [CH2-]CC.[CH2-]CC.[CH3-].[CH3-].[Hf].c1cc[cH-]c1. The van der Waals surface area contributed by atoms with Gasteiger partial charge in [0.15, 0.2) is 0 Å². The Morgan fingerprint density at radius 2 is 1.14 bits per heavy atom. The molecule has 0 unspecified atom stereocenters. The van der Waals surface area contributed by atoms with Crippen molar-refractivity contribution in [1.29, 1.82) is 0 Å². The van der Waals surface area contributed by atoms with Gasteiger partial charge in [-0.15, -0.1) is 0 Å². The fraction of sp³-hybridized carbons (Fsp3) is 0.308. The average Bonchev–Trinajstić information content (AvgIpc) is 2.44. The van der Waals surface area contributed by atoms with E-state index in [0.29, 0.717) is 0 Å². The summed E-state index contributed by atoms with van der Waals surface area (Å²) in [5, 5.41) is 0. The van der Waals surface area contributed by atoms with Gasteiger partial charge < -0.3 is 28.7 Å². The Morgan fingerprint density at radius 1 is 0.929 bits per heavy atom. The standard InChI is InChI=1S/C5H5.2C3H7.2CH3.Hf/c1-2-4-5-3-1;2*1-3-2;;;/h1-5H;2*1,3H2,2H3;2*1H3;/q5*-1;. The summed E-state index contributed by atoms with van der Waals surface area (Å²) >= 11 is 0. The molecular weight excluding hydrogens is 335 g/mol. The first-order valence-corrected chi connectivity index (χ1v) is 4.08. The molecule has 0 atom stereocenters. The molecule has 0 spiro atoms. The van der Waals surface area contributed by atoms with Gasteiger partial charge in [-0.3, -0.25) is 0 Å². The van der Waals surface area contributed by atoms with Crippen LogP contribution in [0.3, 0.4) is 0 Å². The molecule has 86 valence electrons. The van der Waals surface area contributed by atoms with Gasteiger partial charge in [-0.05, 0) is 0 Å². The van der Waals surface area contributed by atoms with Crippen molar-refractivity contribution in [2.45, 2.75) is 26.7 Å². The topological polar surface area (TPSA) is 0 Å². The molecule has 0 amide bonds. The van der Waals surface area contributed by atoms with Crippen molar-refractivity contribution in [2.24, 2.45) is 0 Å². The van der Waals surface area contributed by atoms with Crippen LogP contribution in [0.4, 0.5) is 0 Å². The van der Waals surface area contributed by atoms with Gasteiger partial charge in [0.05, 0.1) is 0 Å². The smallest absolute Gasteiger partial charge is 0 e. The minimum Gasteiger partial charge on any atom is -0.358 e. The first-order chi connectivity index (χ1) is 5.33. The van der Waals surface area contributed by atoms with Crippen molar-refractivity contribution >= 4 is 0 Å². The summed E-state index contributed by atoms with van der Waals surface area (Å²) in [4.78, 5) is 0. The van der Waals surface area contributed by atoms with E-state index in [9.17, 15) is 0 Å². The molecule has 0 aliphatic rings. The molecule has 0 fully saturated rings. The molecule has 0 aliphatic carbocycles. The summed E-state index contributed by atoms with van der Waals surface area (Å²) in [5.74, 6) is 0. The Balaban J connectivity index is -0.0000000276. The maximum absolute atomic E-state index is 3.49. The van der Waals surface area contributed by atoms with Crippen LogP contribution >= 0.6 is 0 Å². The summed E-state index contributed by atoms with van der Waals surface area (Å²) in [5.41, 5.74) is 0. The molecule has 14 heavy (non-hydrogen) atoms. The molecule has 0 bridgehead atoms. The van der Waals surface area contributed by atoms with Crippen LogP contribution in [0.25, 0.3) is 0 Å². The van der Waals surface area contributed by atoms with Crippen molar-refractivity contribution in [3.8, 4) is 0 Å². The number of hydrogen-bond acceptors (Lipinski definition) is 0. The minimum absolute atomic E-state index is 0. The van der Waals surface area contributed by atoms with Crippen molar-refractivity contribution in [3.05, 3.63) is 59.0 Å². The normalized spacial score (nSPS) is 5.43. The summed E-state index contributed by atoms with van der Waals surface area (Å²) in [7, 11) is 0. The van der Waals surface area contributed by atoms with E-state index in [0.717, 1.165) is 12.8 Å². The predicted molar refractivity (Wildman–Crippen MR) is 66.2 cm³/mol. The second-order valence-corrected chi connectivity index (χ2v) is 1.96. The summed E-state index contributed by atoms with van der Waals surface area (Å²) in [6, 6.07) is 10.0. The second kappa shape index (κ2) is 37.9. The average molecular weight is 360 g/mol.